The lowest BCUT2D eigenvalue weighted by Gasteiger charge is -2.11. The molecule has 2 heteroatoms. The molecule has 0 aliphatic heterocycles. The maximum atomic E-state index is 8.78. The monoisotopic (exact) mass is 258 g/mol. The number of ether oxygens (including phenoxy) is 1. The van der Waals surface area contributed by atoms with Crippen LogP contribution in [0.2, 0.25) is 0 Å². The maximum absolute atomic E-state index is 8.78. The van der Waals surface area contributed by atoms with Gasteiger partial charge in [0.1, 0.15) is 0 Å². The van der Waals surface area contributed by atoms with Gasteiger partial charge in [-0.25, -0.2) is 0 Å². The van der Waals surface area contributed by atoms with Gasteiger partial charge in [-0.2, -0.15) is 0 Å². The number of hydrogen-bond donors (Lipinski definition) is 1. The third-order valence-corrected chi connectivity index (χ3v) is 3.64. The van der Waals surface area contributed by atoms with Crippen molar-refractivity contribution in [3.8, 4) is 0 Å². The smallest absolute Gasteiger partial charge is 0.0468 e. The second-order valence-electron chi connectivity index (χ2n) is 5.76. The zero-order valence-electron chi connectivity index (χ0n) is 12.8. The average Bonchev–Trinajstić information content (AvgIpc) is 2.33. The Hall–Kier alpha value is -0.0800. The standard InChI is InChI=1S/C16H34O2/c1-4-8-15(2)9-6-5-7-13-18-14-11-16(3)10-12-17/h15-17H,4-14H2,1-3H3. The minimum atomic E-state index is 0.303. The number of aliphatic hydroxyl groups is 1. The van der Waals surface area contributed by atoms with Gasteiger partial charge in [0.15, 0.2) is 0 Å². The predicted octanol–water partition coefficient (Wildman–Crippen LogP) is 4.41. The highest BCUT2D eigenvalue weighted by atomic mass is 16.5. The number of aliphatic hydroxyl groups excluding tert-OH is 1. The molecule has 0 saturated carbocycles. The molecule has 2 unspecified atom stereocenters. The summed E-state index contributed by atoms with van der Waals surface area (Å²) >= 11 is 0. The molecule has 0 rings (SSSR count). The third kappa shape index (κ3) is 12.4. The van der Waals surface area contributed by atoms with Crippen LogP contribution in [-0.2, 0) is 4.74 Å². The molecule has 110 valence electrons. The SMILES string of the molecule is CCCC(C)CCCCCOCCC(C)CCO. The number of hydrogen-bond acceptors (Lipinski definition) is 2. The fraction of sp³-hybridized carbons (Fsp3) is 1.00. The molecule has 1 N–H and O–H groups in total. The van der Waals surface area contributed by atoms with Crippen LogP contribution < -0.4 is 0 Å². The summed E-state index contributed by atoms with van der Waals surface area (Å²) in [6, 6.07) is 0. The van der Waals surface area contributed by atoms with Crippen LogP contribution in [0.5, 0.6) is 0 Å². The first-order valence-corrected chi connectivity index (χ1v) is 7.89. The van der Waals surface area contributed by atoms with E-state index in [1.54, 1.807) is 0 Å². The van der Waals surface area contributed by atoms with Gasteiger partial charge in [-0.05, 0) is 31.1 Å². The molecule has 0 heterocycles. The van der Waals surface area contributed by atoms with Gasteiger partial charge >= 0.3 is 0 Å². The van der Waals surface area contributed by atoms with Crippen LogP contribution in [0.4, 0.5) is 0 Å². The highest BCUT2D eigenvalue weighted by Gasteiger charge is 2.01. The normalized spacial score (nSPS) is 14.7. The Balaban J connectivity index is 3.11. The van der Waals surface area contributed by atoms with Gasteiger partial charge in [0, 0.05) is 19.8 Å². The molecule has 0 spiro atoms. The molecule has 0 saturated heterocycles. The molecule has 0 fully saturated rings. The molecule has 0 amide bonds. The molecule has 2 nitrogen and oxygen atoms in total. The number of rotatable bonds is 13. The second kappa shape index (κ2) is 13.4. The van der Waals surface area contributed by atoms with Crippen LogP contribution in [0.25, 0.3) is 0 Å². The second-order valence-corrected chi connectivity index (χ2v) is 5.76. The summed E-state index contributed by atoms with van der Waals surface area (Å²) in [5.74, 6) is 1.49. The first kappa shape index (κ1) is 17.9. The fourth-order valence-electron chi connectivity index (χ4n) is 2.26. The minimum absolute atomic E-state index is 0.303. The summed E-state index contributed by atoms with van der Waals surface area (Å²) in [6.07, 6.45) is 9.91. The zero-order valence-corrected chi connectivity index (χ0v) is 12.8. The van der Waals surface area contributed by atoms with Crippen molar-refractivity contribution in [3.05, 3.63) is 0 Å². The van der Waals surface area contributed by atoms with E-state index >= 15 is 0 Å². The molecule has 18 heavy (non-hydrogen) atoms. The van der Waals surface area contributed by atoms with Crippen LogP contribution in [0, 0.1) is 11.8 Å². The van der Waals surface area contributed by atoms with E-state index in [0.29, 0.717) is 12.5 Å². The Labute approximate surface area is 114 Å². The number of unbranched alkanes of at least 4 members (excludes halogenated alkanes) is 2. The topological polar surface area (TPSA) is 29.5 Å². The highest BCUT2D eigenvalue weighted by Crippen LogP contribution is 2.14. The van der Waals surface area contributed by atoms with E-state index in [0.717, 1.165) is 32.0 Å². The van der Waals surface area contributed by atoms with E-state index in [9.17, 15) is 0 Å². The van der Waals surface area contributed by atoms with Gasteiger partial charge in [0.2, 0.25) is 0 Å². The molecule has 0 aliphatic carbocycles. The van der Waals surface area contributed by atoms with Gasteiger partial charge in [0.05, 0.1) is 0 Å². The van der Waals surface area contributed by atoms with Crippen molar-refractivity contribution in [1.82, 2.24) is 0 Å². The largest absolute Gasteiger partial charge is 0.396 e. The summed E-state index contributed by atoms with van der Waals surface area (Å²) in [4.78, 5) is 0. The third-order valence-electron chi connectivity index (χ3n) is 3.64. The van der Waals surface area contributed by atoms with E-state index in [4.69, 9.17) is 9.84 Å². The van der Waals surface area contributed by atoms with Gasteiger partial charge < -0.3 is 9.84 Å². The lowest BCUT2D eigenvalue weighted by Crippen LogP contribution is -2.04. The van der Waals surface area contributed by atoms with Crippen molar-refractivity contribution < 1.29 is 9.84 Å². The van der Waals surface area contributed by atoms with Crippen molar-refractivity contribution in [1.29, 1.82) is 0 Å². The summed E-state index contributed by atoms with van der Waals surface area (Å²) in [7, 11) is 0. The molecular formula is C16H34O2. The summed E-state index contributed by atoms with van der Waals surface area (Å²) < 4.78 is 5.62. The van der Waals surface area contributed by atoms with E-state index in [-0.39, 0.29) is 0 Å². The van der Waals surface area contributed by atoms with Gasteiger partial charge in [-0.15, -0.1) is 0 Å². The van der Waals surface area contributed by atoms with Crippen LogP contribution >= 0.6 is 0 Å². The van der Waals surface area contributed by atoms with E-state index in [1.807, 2.05) is 0 Å². The van der Waals surface area contributed by atoms with Crippen LogP contribution in [0.3, 0.4) is 0 Å². The average molecular weight is 258 g/mol. The maximum Gasteiger partial charge on any atom is 0.0468 e. The Bertz CT molecular complexity index is 141. The van der Waals surface area contributed by atoms with Crippen molar-refractivity contribution in [2.45, 2.75) is 72.1 Å². The van der Waals surface area contributed by atoms with Crippen molar-refractivity contribution in [3.63, 3.8) is 0 Å². The Morgan fingerprint density at radius 2 is 1.56 bits per heavy atom. The zero-order chi connectivity index (χ0) is 13.6. The van der Waals surface area contributed by atoms with E-state index in [2.05, 4.69) is 20.8 Å². The lowest BCUT2D eigenvalue weighted by atomic mass is 9.99. The van der Waals surface area contributed by atoms with Crippen LogP contribution in [0.1, 0.15) is 72.1 Å². The first-order chi connectivity index (χ1) is 8.70. The van der Waals surface area contributed by atoms with Gasteiger partial charge in [-0.3, -0.25) is 0 Å². The molecule has 0 bridgehead atoms. The van der Waals surface area contributed by atoms with Crippen molar-refractivity contribution in [2.75, 3.05) is 19.8 Å². The highest BCUT2D eigenvalue weighted by molar-refractivity contribution is 4.53. The van der Waals surface area contributed by atoms with Crippen molar-refractivity contribution in [2.24, 2.45) is 11.8 Å². The molecule has 0 aliphatic rings. The molecule has 0 aromatic carbocycles. The Morgan fingerprint density at radius 1 is 0.833 bits per heavy atom. The molecular weight excluding hydrogens is 224 g/mol. The van der Waals surface area contributed by atoms with Gasteiger partial charge in [0.25, 0.3) is 0 Å². The first-order valence-electron chi connectivity index (χ1n) is 7.89. The minimum Gasteiger partial charge on any atom is -0.396 e. The Kier molecular flexibility index (Phi) is 13.3. The van der Waals surface area contributed by atoms with Crippen molar-refractivity contribution >= 4 is 0 Å². The Morgan fingerprint density at radius 3 is 2.22 bits per heavy atom. The molecule has 2 atom stereocenters. The molecule has 0 radical (unpaired) electrons. The van der Waals surface area contributed by atoms with Crippen LogP contribution in [0.15, 0.2) is 0 Å². The summed E-state index contributed by atoms with van der Waals surface area (Å²) in [5.41, 5.74) is 0. The molecule has 0 aromatic heterocycles. The van der Waals surface area contributed by atoms with E-state index < -0.39 is 0 Å². The fourth-order valence-corrected chi connectivity index (χ4v) is 2.26. The summed E-state index contributed by atoms with van der Waals surface area (Å²) in [5, 5.41) is 8.78. The van der Waals surface area contributed by atoms with E-state index in [1.165, 1.54) is 38.5 Å². The predicted molar refractivity (Wildman–Crippen MR) is 78.8 cm³/mol. The lowest BCUT2D eigenvalue weighted by molar-refractivity contribution is 0.113. The van der Waals surface area contributed by atoms with Crippen LogP contribution in [-0.4, -0.2) is 24.9 Å². The summed E-state index contributed by atoms with van der Waals surface area (Å²) in [6.45, 7) is 8.87. The molecule has 0 aromatic rings. The quantitative estimate of drug-likeness (QED) is 0.496. The van der Waals surface area contributed by atoms with Gasteiger partial charge in [-0.1, -0.05) is 52.9 Å².